The number of pyridine rings is 1. The summed E-state index contributed by atoms with van der Waals surface area (Å²) in [6, 6.07) is 2.20. The molecule has 1 unspecified atom stereocenters. The fourth-order valence-electron chi connectivity index (χ4n) is 2.41. The lowest BCUT2D eigenvalue weighted by molar-refractivity contribution is 0.155. The number of nitrogens with zero attached hydrogens (tertiary/aromatic N) is 2. The molecular formula is C16H26N2O. The molecule has 1 atom stereocenters. The molecule has 0 spiro atoms. The Hall–Kier alpha value is -1.40. The topological polar surface area (TPSA) is 56.9 Å². The molecule has 1 aromatic rings. The van der Waals surface area contributed by atoms with Gasteiger partial charge in [-0.3, -0.25) is 4.98 Å². The van der Waals surface area contributed by atoms with E-state index < -0.39 is 6.10 Å². The third kappa shape index (κ3) is 3.78. The van der Waals surface area contributed by atoms with E-state index in [0.717, 1.165) is 41.8 Å². The van der Waals surface area contributed by atoms with Gasteiger partial charge in [0.1, 0.15) is 6.07 Å². The summed E-state index contributed by atoms with van der Waals surface area (Å²) in [5.41, 5.74) is 4.22. The van der Waals surface area contributed by atoms with Gasteiger partial charge in [0, 0.05) is 11.3 Å². The first kappa shape index (κ1) is 17.6. The van der Waals surface area contributed by atoms with E-state index in [2.05, 4.69) is 11.1 Å². The largest absolute Gasteiger partial charge is 0.388 e. The van der Waals surface area contributed by atoms with E-state index in [1.54, 1.807) is 0 Å². The monoisotopic (exact) mass is 262 g/mol. The van der Waals surface area contributed by atoms with Gasteiger partial charge in [-0.05, 0) is 38.7 Å². The summed E-state index contributed by atoms with van der Waals surface area (Å²) in [7, 11) is 0. The SMILES string of the molecule is CC.CC.Cc1nc(C)c2c(c1C#N)CCCC2O. The molecule has 1 aliphatic rings. The molecule has 106 valence electrons. The van der Waals surface area contributed by atoms with Gasteiger partial charge in [-0.1, -0.05) is 27.7 Å². The molecule has 0 fully saturated rings. The highest BCUT2D eigenvalue weighted by atomic mass is 16.3. The van der Waals surface area contributed by atoms with Crippen LogP contribution in [0.5, 0.6) is 0 Å². The van der Waals surface area contributed by atoms with Gasteiger partial charge in [-0.2, -0.15) is 5.26 Å². The van der Waals surface area contributed by atoms with E-state index in [1.165, 1.54) is 0 Å². The summed E-state index contributed by atoms with van der Waals surface area (Å²) in [5.74, 6) is 0. The molecule has 0 radical (unpaired) electrons. The second-order valence-corrected chi connectivity index (χ2v) is 4.07. The van der Waals surface area contributed by atoms with Crippen LogP contribution in [0.1, 0.15) is 74.7 Å². The zero-order chi connectivity index (χ0) is 15.0. The molecule has 1 N–H and O–H groups in total. The number of hydrogen-bond acceptors (Lipinski definition) is 3. The van der Waals surface area contributed by atoms with Gasteiger partial charge in [0.15, 0.2) is 0 Å². The quantitative estimate of drug-likeness (QED) is 0.769. The van der Waals surface area contributed by atoms with Crippen LogP contribution in [0.15, 0.2) is 0 Å². The Labute approximate surface area is 117 Å². The molecule has 0 amide bonds. The van der Waals surface area contributed by atoms with Crippen molar-refractivity contribution in [3.63, 3.8) is 0 Å². The van der Waals surface area contributed by atoms with Gasteiger partial charge < -0.3 is 5.11 Å². The molecule has 0 saturated carbocycles. The second kappa shape index (κ2) is 8.66. The Morgan fingerprint density at radius 3 is 2.26 bits per heavy atom. The minimum atomic E-state index is -0.436. The summed E-state index contributed by atoms with van der Waals surface area (Å²) in [6.07, 6.45) is 2.18. The number of hydrogen-bond donors (Lipinski definition) is 1. The van der Waals surface area contributed by atoms with Gasteiger partial charge in [-0.15, -0.1) is 0 Å². The Morgan fingerprint density at radius 2 is 1.74 bits per heavy atom. The third-order valence-corrected chi connectivity index (χ3v) is 3.06. The molecule has 1 aromatic heterocycles. The average Bonchev–Trinajstić information content (AvgIpc) is 2.43. The number of aliphatic hydroxyl groups excluding tert-OH is 1. The maximum Gasteiger partial charge on any atom is 0.101 e. The van der Waals surface area contributed by atoms with Crippen molar-refractivity contribution in [1.29, 1.82) is 5.26 Å². The van der Waals surface area contributed by atoms with Crippen LogP contribution in [0.4, 0.5) is 0 Å². The van der Waals surface area contributed by atoms with Crippen molar-refractivity contribution in [2.75, 3.05) is 0 Å². The van der Waals surface area contributed by atoms with Gasteiger partial charge >= 0.3 is 0 Å². The lowest BCUT2D eigenvalue weighted by atomic mass is 9.85. The first-order valence-corrected chi connectivity index (χ1v) is 7.23. The highest BCUT2D eigenvalue weighted by Crippen LogP contribution is 2.33. The third-order valence-electron chi connectivity index (χ3n) is 3.06. The molecule has 3 nitrogen and oxygen atoms in total. The van der Waals surface area contributed by atoms with Crippen LogP contribution in [-0.4, -0.2) is 10.1 Å². The summed E-state index contributed by atoms with van der Waals surface area (Å²) >= 11 is 0. The van der Waals surface area contributed by atoms with Crippen molar-refractivity contribution in [1.82, 2.24) is 4.98 Å². The Bertz CT molecular complexity index is 447. The first-order chi connectivity index (χ1) is 9.15. The lowest BCUT2D eigenvalue weighted by Crippen LogP contribution is -2.15. The summed E-state index contributed by atoms with van der Waals surface area (Å²) < 4.78 is 0. The predicted molar refractivity (Wildman–Crippen MR) is 79.0 cm³/mol. The van der Waals surface area contributed by atoms with E-state index in [4.69, 9.17) is 5.26 Å². The number of fused-ring (bicyclic) bond motifs is 1. The van der Waals surface area contributed by atoms with Crippen LogP contribution in [-0.2, 0) is 6.42 Å². The van der Waals surface area contributed by atoms with Gasteiger partial charge in [0.2, 0.25) is 0 Å². The number of aromatic nitrogens is 1. The fraction of sp³-hybridized carbons (Fsp3) is 0.625. The Balaban J connectivity index is 0.000000741. The minimum Gasteiger partial charge on any atom is -0.388 e. The highest BCUT2D eigenvalue weighted by Gasteiger charge is 2.24. The lowest BCUT2D eigenvalue weighted by Gasteiger charge is -2.24. The van der Waals surface area contributed by atoms with Crippen LogP contribution < -0.4 is 0 Å². The molecule has 1 aliphatic carbocycles. The molecule has 2 rings (SSSR count). The van der Waals surface area contributed by atoms with Gasteiger partial charge in [0.05, 0.1) is 17.4 Å². The van der Waals surface area contributed by atoms with Crippen LogP contribution in [0.3, 0.4) is 0 Å². The zero-order valence-electron chi connectivity index (χ0n) is 13.0. The van der Waals surface area contributed by atoms with Crippen LogP contribution >= 0.6 is 0 Å². The number of aliphatic hydroxyl groups is 1. The minimum absolute atomic E-state index is 0.436. The van der Waals surface area contributed by atoms with E-state index in [1.807, 2.05) is 41.5 Å². The first-order valence-electron chi connectivity index (χ1n) is 7.23. The number of aryl methyl sites for hydroxylation is 2. The molecule has 3 heteroatoms. The van der Waals surface area contributed by atoms with E-state index >= 15 is 0 Å². The number of rotatable bonds is 0. The maximum atomic E-state index is 9.90. The average molecular weight is 262 g/mol. The molecular weight excluding hydrogens is 236 g/mol. The maximum absolute atomic E-state index is 9.90. The number of nitriles is 1. The molecule has 0 bridgehead atoms. The van der Waals surface area contributed by atoms with Crippen LogP contribution in [0, 0.1) is 25.2 Å². The van der Waals surface area contributed by atoms with Crippen molar-refractivity contribution >= 4 is 0 Å². The van der Waals surface area contributed by atoms with Crippen molar-refractivity contribution < 1.29 is 5.11 Å². The summed E-state index contributed by atoms with van der Waals surface area (Å²) in [4.78, 5) is 4.33. The van der Waals surface area contributed by atoms with E-state index in [9.17, 15) is 5.11 Å². The zero-order valence-corrected chi connectivity index (χ0v) is 13.0. The van der Waals surface area contributed by atoms with Crippen LogP contribution in [0.2, 0.25) is 0 Å². The molecule has 0 saturated heterocycles. The van der Waals surface area contributed by atoms with Crippen LogP contribution in [0.25, 0.3) is 0 Å². The van der Waals surface area contributed by atoms with Crippen molar-refractivity contribution in [3.05, 3.63) is 28.1 Å². The summed E-state index contributed by atoms with van der Waals surface area (Å²) in [5, 5.41) is 19.0. The smallest absolute Gasteiger partial charge is 0.101 e. The normalized spacial score (nSPS) is 16.0. The second-order valence-electron chi connectivity index (χ2n) is 4.07. The van der Waals surface area contributed by atoms with Crippen molar-refractivity contribution in [3.8, 4) is 6.07 Å². The van der Waals surface area contributed by atoms with Gasteiger partial charge in [0.25, 0.3) is 0 Å². The van der Waals surface area contributed by atoms with E-state index in [-0.39, 0.29) is 0 Å². The summed E-state index contributed by atoms with van der Waals surface area (Å²) in [6.45, 7) is 11.8. The predicted octanol–water partition coefficient (Wildman–Crippen LogP) is 3.99. The fourth-order valence-corrected chi connectivity index (χ4v) is 2.41. The Kier molecular flexibility index (Phi) is 8.02. The molecule has 0 aliphatic heterocycles. The Morgan fingerprint density at radius 1 is 1.16 bits per heavy atom. The molecule has 19 heavy (non-hydrogen) atoms. The van der Waals surface area contributed by atoms with Crippen molar-refractivity contribution in [2.45, 2.75) is 66.9 Å². The van der Waals surface area contributed by atoms with E-state index in [0.29, 0.717) is 5.56 Å². The molecule has 0 aromatic carbocycles. The van der Waals surface area contributed by atoms with Gasteiger partial charge in [-0.25, -0.2) is 0 Å². The van der Waals surface area contributed by atoms with Crippen molar-refractivity contribution in [2.24, 2.45) is 0 Å². The standard InChI is InChI=1S/C12H14N2O.2C2H6/c1-7-10(6-13)9-4-3-5-11(15)12(9)8(2)14-7;2*1-2/h11,15H,3-5H2,1-2H3;2*1-2H3. The molecule has 1 heterocycles. The highest BCUT2D eigenvalue weighted by molar-refractivity contribution is 5.48.